The maximum Gasteiger partial charge on any atom is 0.185 e. The number of hydrogen-bond donors (Lipinski definition) is 0. The molecule has 0 saturated heterocycles. The van der Waals surface area contributed by atoms with Crippen molar-refractivity contribution < 1.29 is 4.79 Å². The van der Waals surface area contributed by atoms with E-state index in [1.54, 1.807) is 30.6 Å². The normalized spacial score (nSPS) is 10.6. The Kier molecular flexibility index (Phi) is 4.08. The number of carbonyl (C=O) groups is 1. The Labute approximate surface area is 113 Å². The number of aromatic nitrogens is 1. The van der Waals surface area contributed by atoms with Gasteiger partial charge < -0.3 is 4.90 Å². The van der Waals surface area contributed by atoms with E-state index >= 15 is 0 Å². The van der Waals surface area contributed by atoms with Crippen LogP contribution in [0.4, 0.5) is 5.69 Å². The largest absolute Gasteiger partial charge is 0.378 e. The first kappa shape index (κ1) is 13.0. The predicted octanol–water partition coefficient (Wildman–Crippen LogP) is 3.04. The van der Waals surface area contributed by atoms with E-state index in [0.717, 1.165) is 11.3 Å². The molecule has 0 aliphatic rings. The molecule has 0 spiro atoms. The van der Waals surface area contributed by atoms with Crippen LogP contribution in [0.3, 0.4) is 0 Å². The Morgan fingerprint density at radius 2 is 1.68 bits per heavy atom. The lowest BCUT2D eigenvalue weighted by atomic mass is 10.1. The van der Waals surface area contributed by atoms with Crippen LogP contribution < -0.4 is 4.90 Å². The van der Waals surface area contributed by atoms with Crippen LogP contribution in [0.1, 0.15) is 15.9 Å². The van der Waals surface area contributed by atoms with E-state index in [9.17, 15) is 4.79 Å². The molecule has 19 heavy (non-hydrogen) atoms. The van der Waals surface area contributed by atoms with Crippen LogP contribution in [0.2, 0.25) is 0 Å². The second-order valence-electron chi connectivity index (χ2n) is 4.42. The molecule has 0 fully saturated rings. The number of nitrogens with zero attached hydrogens (tertiary/aromatic N) is 2. The van der Waals surface area contributed by atoms with Crippen LogP contribution in [0.25, 0.3) is 6.08 Å². The van der Waals surface area contributed by atoms with Gasteiger partial charge in [-0.05, 0) is 35.9 Å². The van der Waals surface area contributed by atoms with Crippen LogP contribution in [0.15, 0.2) is 54.9 Å². The average molecular weight is 252 g/mol. The van der Waals surface area contributed by atoms with E-state index in [1.807, 2.05) is 49.3 Å². The van der Waals surface area contributed by atoms with E-state index in [4.69, 9.17) is 0 Å². The number of hydrogen-bond acceptors (Lipinski definition) is 3. The minimum absolute atomic E-state index is 0.0147. The predicted molar refractivity (Wildman–Crippen MR) is 78.4 cm³/mol. The molecule has 2 aromatic rings. The number of anilines is 1. The van der Waals surface area contributed by atoms with Crippen molar-refractivity contribution >= 4 is 17.5 Å². The summed E-state index contributed by atoms with van der Waals surface area (Å²) in [5.74, 6) is -0.0147. The summed E-state index contributed by atoms with van der Waals surface area (Å²) in [5, 5.41) is 0. The molecule has 2 rings (SSSR count). The van der Waals surface area contributed by atoms with Gasteiger partial charge in [-0.15, -0.1) is 0 Å². The van der Waals surface area contributed by atoms with E-state index < -0.39 is 0 Å². The number of ketones is 1. The average Bonchev–Trinajstić information content (AvgIpc) is 2.46. The summed E-state index contributed by atoms with van der Waals surface area (Å²) in [6.07, 6.45) is 6.64. The summed E-state index contributed by atoms with van der Waals surface area (Å²) < 4.78 is 0. The monoisotopic (exact) mass is 252 g/mol. The maximum atomic E-state index is 11.9. The van der Waals surface area contributed by atoms with Gasteiger partial charge in [0.25, 0.3) is 0 Å². The van der Waals surface area contributed by atoms with Crippen molar-refractivity contribution in [2.24, 2.45) is 0 Å². The summed E-state index contributed by atoms with van der Waals surface area (Å²) in [6.45, 7) is 0. The highest BCUT2D eigenvalue weighted by molar-refractivity contribution is 6.06. The van der Waals surface area contributed by atoms with Gasteiger partial charge in [-0.1, -0.05) is 18.2 Å². The van der Waals surface area contributed by atoms with Gasteiger partial charge in [-0.25, -0.2) is 0 Å². The van der Waals surface area contributed by atoms with Crippen molar-refractivity contribution in [3.63, 3.8) is 0 Å². The summed E-state index contributed by atoms with van der Waals surface area (Å²) in [7, 11) is 4.00. The van der Waals surface area contributed by atoms with Crippen LogP contribution >= 0.6 is 0 Å². The Balaban J connectivity index is 2.08. The molecular formula is C16H16N2O. The van der Waals surface area contributed by atoms with Gasteiger partial charge in [0.2, 0.25) is 0 Å². The number of rotatable bonds is 4. The number of pyridine rings is 1. The molecule has 1 aromatic heterocycles. The number of allylic oxidation sites excluding steroid dienone is 1. The molecule has 0 aliphatic heterocycles. The van der Waals surface area contributed by atoms with Crippen molar-refractivity contribution in [2.45, 2.75) is 0 Å². The molecule has 0 atom stereocenters. The number of carbonyl (C=O) groups excluding carboxylic acids is 1. The molecular weight excluding hydrogens is 236 g/mol. The fourth-order valence-corrected chi connectivity index (χ4v) is 1.67. The standard InChI is InChI=1S/C16H16N2O/c1-18(2)15-6-3-13(4-7-15)5-8-16(19)14-9-11-17-12-10-14/h3-12H,1-2H3/b8-5+. The topological polar surface area (TPSA) is 33.2 Å². The van der Waals surface area contributed by atoms with Crippen molar-refractivity contribution in [1.29, 1.82) is 0 Å². The van der Waals surface area contributed by atoms with Gasteiger partial charge >= 0.3 is 0 Å². The van der Waals surface area contributed by atoms with Crippen LogP contribution in [-0.4, -0.2) is 24.9 Å². The van der Waals surface area contributed by atoms with Crippen LogP contribution in [0, 0.1) is 0 Å². The molecule has 0 unspecified atom stereocenters. The van der Waals surface area contributed by atoms with Gasteiger partial charge in [0, 0.05) is 37.7 Å². The van der Waals surface area contributed by atoms with Gasteiger partial charge in [0.1, 0.15) is 0 Å². The molecule has 0 N–H and O–H groups in total. The third-order valence-corrected chi connectivity index (χ3v) is 2.80. The van der Waals surface area contributed by atoms with E-state index in [1.165, 1.54) is 0 Å². The van der Waals surface area contributed by atoms with Crippen LogP contribution in [-0.2, 0) is 0 Å². The highest BCUT2D eigenvalue weighted by Crippen LogP contribution is 2.13. The quantitative estimate of drug-likeness (QED) is 0.619. The van der Waals surface area contributed by atoms with Crippen molar-refractivity contribution in [2.75, 3.05) is 19.0 Å². The minimum atomic E-state index is -0.0147. The number of benzene rings is 1. The van der Waals surface area contributed by atoms with E-state index in [-0.39, 0.29) is 5.78 Å². The van der Waals surface area contributed by atoms with Crippen LogP contribution in [0.5, 0.6) is 0 Å². The Hall–Kier alpha value is -2.42. The Morgan fingerprint density at radius 3 is 2.26 bits per heavy atom. The molecule has 3 heteroatoms. The van der Waals surface area contributed by atoms with Crippen molar-refractivity contribution in [1.82, 2.24) is 4.98 Å². The fourth-order valence-electron chi connectivity index (χ4n) is 1.67. The highest BCUT2D eigenvalue weighted by Gasteiger charge is 2.00. The first-order chi connectivity index (χ1) is 9.16. The molecule has 1 heterocycles. The van der Waals surface area contributed by atoms with E-state index in [2.05, 4.69) is 4.98 Å². The Bertz CT molecular complexity index is 571. The maximum absolute atomic E-state index is 11.9. The lowest BCUT2D eigenvalue weighted by molar-refractivity contribution is 0.104. The second-order valence-corrected chi connectivity index (χ2v) is 4.42. The molecule has 96 valence electrons. The SMILES string of the molecule is CN(C)c1ccc(/C=C/C(=O)c2ccncc2)cc1. The zero-order valence-corrected chi connectivity index (χ0v) is 11.1. The molecule has 1 aromatic carbocycles. The van der Waals surface area contributed by atoms with Crippen molar-refractivity contribution in [3.05, 3.63) is 66.0 Å². The molecule has 0 aliphatic carbocycles. The summed E-state index contributed by atoms with van der Waals surface area (Å²) in [4.78, 5) is 17.8. The smallest absolute Gasteiger partial charge is 0.185 e. The summed E-state index contributed by atoms with van der Waals surface area (Å²) in [5.41, 5.74) is 2.79. The third kappa shape index (κ3) is 3.52. The highest BCUT2D eigenvalue weighted by atomic mass is 16.1. The zero-order valence-electron chi connectivity index (χ0n) is 11.1. The third-order valence-electron chi connectivity index (χ3n) is 2.80. The first-order valence-electron chi connectivity index (χ1n) is 6.06. The van der Waals surface area contributed by atoms with Gasteiger partial charge in [0.15, 0.2) is 5.78 Å². The van der Waals surface area contributed by atoms with Crippen molar-refractivity contribution in [3.8, 4) is 0 Å². The summed E-state index contributed by atoms with van der Waals surface area (Å²) in [6, 6.07) is 11.5. The first-order valence-corrected chi connectivity index (χ1v) is 6.06. The molecule has 0 amide bonds. The fraction of sp³-hybridized carbons (Fsp3) is 0.125. The minimum Gasteiger partial charge on any atom is -0.378 e. The lowest BCUT2D eigenvalue weighted by Crippen LogP contribution is -2.07. The van der Waals surface area contributed by atoms with Gasteiger partial charge in [-0.2, -0.15) is 0 Å². The molecule has 0 radical (unpaired) electrons. The van der Waals surface area contributed by atoms with E-state index in [0.29, 0.717) is 5.56 Å². The Morgan fingerprint density at radius 1 is 1.05 bits per heavy atom. The zero-order chi connectivity index (χ0) is 13.7. The van der Waals surface area contributed by atoms with Gasteiger partial charge in [0.05, 0.1) is 0 Å². The van der Waals surface area contributed by atoms with Gasteiger partial charge in [-0.3, -0.25) is 9.78 Å². The summed E-state index contributed by atoms with van der Waals surface area (Å²) >= 11 is 0. The molecule has 3 nitrogen and oxygen atoms in total. The second kappa shape index (κ2) is 5.96. The lowest BCUT2D eigenvalue weighted by Gasteiger charge is -2.11. The molecule has 0 bridgehead atoms. The molecule has 0 saturated carbocycles.